The van der Waals surface area contributed by atoms with Crippen LogP contribution in [0.3, 0.4) is 0 Å². The van der Waals surface area contributed by atoms with Crippen molar-refractivity contribution in [3.8, 4) is 0 Å². The van der Waals surface area contributed by atoms with Crippen molar-refractivity contribution in [3.05, 3.63) is 70.8 Å². The Morgan fingerprint density at radius 3 is 2.24 bits per heavy atom. The molecule has 3 fully saturated rings. The van der Waals surface area contributed by atoms with E-state index in [0.717, 1.165) is 57.3 Å². The van der Waals surface area contributed by atoms with Gasteiger partial charge in [-0.25, -0.2) is 8.42 Å². The number of hydrogen-bond donors (Lipinski definition) is 0. The van der Waals surface area contributed by atoms with Gasteiger partial charge in [0.25, 0.3) is 0 Å². The SMILES string of the molecule is CCC1(c2cccc(CS(=O)(=O)C3CC3)c2)[C@@H]2CN(CC3(OC)Cc4ccccc4C3)C[C@@H]21. The van der Waals surface area contributed by atoms with Crippen molar-refractivity contribution in [3.63, 3.8) is 0 Å². The molecule has 2 aromatic carbocycles. The van der Waals surface area contributed by atoms with E-state index in [9.17, 15) is 8.42 Å². The van der Waals surface area contributed by atoms with Crippen molar-refractivity contribution >= 4 is 9.84 Å². The van der Waals surface area contributed by atoms with Crippen LogP contribution in [-0.4, -0.2) is 50.9 Å². The lowest BCUT2D eigenvalue weighted by atomic mass is 9.86. The maximum absolute atomic E-state index is 12.5. The minimum absolute atomic E-state index is 0.0926. The van der Waals surface area contributed by atoms with Crippen LogP contribution in [0.4, 0.5) is 0 Å². The van der Waals surface area contributed by atoms with Crippen LogP contribution in [0.15, 0.2) is 48.5 Å². The van der Waals surface area contributed by atoms with Gasteiger partial charge in [-0.2, -0.15) is 0 Å². The second kappa shape index (κ2) is 7.66. The van der Waals surface area contributed by atoms with Crippen molar-refractivity contribution in [2.45, 2.75) is 61.0 Å². The van der Waals surface area contributed by atoms with Crippen LogP contribution in [0.1, 0.15) is 48.4 Å². The van der Waals surface area contributed by atoms with Gasteiger partial charge in [-0.1, -0.05) is 55.5 Å². The fourth-order valence-corrected chi connectivity index (χ4v) is 8.95. The van der Waals surface area contributed by atoms with Gasteiger partial charge in [0.2, 0.25) is 0 Å². The zero-order chi connectivity index (χ0) is 22.8. The minimum atomic E-state index is -2.98. The van der Waals surface area contributed by atoms with Crippen LogP contribution < -0.4 is 0 Å². The molecule has 0 spiro atoms. The summed E-state index contributed by atoms with van der Waals surface area (Å²) in [6.07, 6.45) is 4.81. The molecule has 2 aromatic rings. The van der Waals surface area contributed by atoms with Gasteiger partial charge < -0.3 is 4.74 Å². The fraction of sp³-hybridized carbons (Fsp3) is 0.571. The minimum Gasteiger partial charge on any atom is -0.376 e. The second-order valence-electron chi connectivity index (χ2n) is 11.0. The van der Waals surface area contributed by atoms with Gasteiger partial charge in [0.1, 0.15) is 0 Å². The smallest absolute Gasteiger partial charge is 0.157 e. The molecular formula is C28H35NO3S. The molecule has 1 heterocycles. The Labute approximate surface area is 198 Å². The van der Waals surface area contributed by atoms with Crippen molar-refractivity contribution in [1.82, 2.24) is 4.90 Å². The highest BCUT2D eigenvalue weighted by molar-refractivity contribution is 7.91. The molecule has 0 bridgehead atoms. The molecule has 2 saturated carbocycles. The van der Waals surface area contributed by atoms with Gasteiger partial charge in [-0.3, -0.25) is 4.90 Å². The van der Waals surface area contributed by atoms with Crippen LogP contribution in [0, 0.1) is 11.8 Å². The van der Waals surface area contributed by atoms with Gasteiger partial charge in [-0.15, -0.1) is 0 Å². The molecule has 1 unspecified atom stereocenters. The summed E-state index contributed by atoms with van der Waals surface area (Å²) in [5, 5.41) is -0.0926. The summed E-state index contributed by atoms with van der Waals surface area (Å²) in [5.74, 6) is 1.52. The molecule has 0 aromatic heterocycles. The summed E-state index contributed by atoms with van der Waals surface area (Å²) in [6, 6.07) is 17.3. The molecule has 3 aliphatic carbocycles. The molecule has 4 aliphatic rings. The lowest BCUT2D eigenvalue weighted by molar-refractivity contribution is -0.0276. The summed E-state index contributed by atoms with van der Waals surface area (Å²) in [4.78, 5) is 2.63. The van der Waals surface area contributed by atoms with Gasteiger partial charge >= 0.3 is 0 Å². The highest BCUT2D eigenvalue weighted by atomic mass is 32.2. The molecule has 6 rings (SSSR count). The molecule has 5 heteroatoms. The number of likely N-dealkylation sites (tertiary alicyclic amines) is 1. The average molecular weight is 466 g/mol. The number of hydrogen-bond acceptors (Lipinski definition) is 4. The van der Waals surface area contributed by atoms with Gasteiger partial charge in [0.15, 0.2) is 9.84 Å². The molecule has 0 N–H and O–H groups in total. The van der Waals surface area contributed by atoms with Crippen LogP contribution in [0.2, 0.25) is 0 Å². The Kier molecular flexibility index (Phi) is 5.06. The number of piperidine rings is 1. The molecule has 0 radical (unpaired) electrons. The fourth-order valence-electron chi connectivity index (χ4n) is 7.22. The third-order valence-corrected chi connectivity index (χ3v) is 11.4. The topological polar surface area (TPSA) is 46.6 Å². The summed E-state index contributed by atoms with van der Waals surface area (Å²) < 4.78 is 31.2. The molecule has 3 atom stereocenters. The van der Waals surface area contributed by atoms with Gasteiger partial charge in [0.05, 0.1) is 16.6 Å². The Balaban J connectivity index is 1.15. The Hall–Kier alpha value is -1.69. The molecule has 176 valence electrons. The summed E-state index contributed by atoms with van der Waals surface area (Å²) in [5.41, 5.74) is 5.31. The normalized spacial score (nSPS) is 30.2. The van der Waals surface area contributed by atoms with Crippen LogP contribution >= 0.6 is 0 Å². The van der Waals surface area contributed by atoms with Crippen molar-refractivity contribution in [2.75, 3.05) is 26.7 Å². The predicted octanol–water partition coefficient (Wildman–Crippen LogP) is 4.16. The van der Waals surface area contributed by atoms with Crippen molar-refractivity contribution < 1.29 is 13.2 Å². The molecule has 33 heavy (non-hydrogen) atoms. The number of rotatable bonds is 8. The molecule has 1 aliphatic heterocycles. The third kappa shape index (κ3) is 3.59. The Bertz CT molecular complexity index is 1130. The summed E-state index contributed by atoms with van der Waals surface area (Å²) in [7, 11) is -1.11. The van der Waals surface area contributed by atoms with Gasteiger partial charge in [0, 0.05) is 45.0 Å². The van der Waals surface area contributed by atoms with Gasteiger partial charge in [-0.05, 0) is 53.4 Å². The van der Waals surface area contributed by atoms with E-state index in [2.05, 4.69) is 54.3 Å². The quantitative estimate of drug-likeness (QED) is 0.587. The van der Waals surface area contributed by atoms with E-state index in [1.54, 1.807) is 0 Å². The number of nitrogens with zero attached hydrogens (tertiary/aromatic N) is 1. The number of sulfone groups is 1. The van der Waals surface area contributed by atoms with E-state index in [1.165, 1.54) is 16.7 Å². The van der Waals surface area contributed by atoms with Crippen LogP contribution in [0.25, 0.3) is 0 Å². The number of benzene rings is 2. The van der Waals surface area contributed by atoms with E-state index in [4.69, 9.17) is 4.74 Å². The second-order valence-corrected chi connectivity index (χ2v) is 13.3. The first-order chi connectivity index (χ1) is 15.9. The van der Waals surface area contributed by atoms with E-state index in [-0.39, 0.29) is 22.0 Å². The Morgan fingerprint density at radius 2 is 1.67 bits per heavy atom. The lowest BCUT2D eigenvalue weighted by Gasteiger charge is -2.35. The maximum Gasteiger partial charge on any atom is 0.157 e. The predicted molar refractivity (Wildman–Crippen MR) is 131 cm³/mol. The number of methoxy groups -OCH3 is 1. The Morgan fingerprint density at radius 1 is 1.00 bits per heavy atom. The standard InChI is InChI=1S/C28H35NO3S/c1-3-28(23-10-6-7-20(13-23)18-33(30,31)24-11-12-24)25-16-29(17-26(25)28)19-27(32-2)14-21-8-4-5-9-22(21)15-27/h4-10,13,24-26H,3,11-12,14-19H2,1-2H3/t25-,26+,28?. The molecular weight excluding hydrogens is 430 g/mol. The van der Waals surface area contributed by atoms with Crippen LogP contribution in [0.5, 0.6) is 0 Å². The largest absolute Gasteiger partial charge is 0.376 e. The zero-order valence-corrected chi connectivity index (χ0v) is 20.6. The van der Waals surface area contributed by atoms with Crippen LogP contribution in [-0.2, 0) is 38.6 Å². The average Bonchev–Trinajstić information content (AvgIpc) is 3.68. The zero-order valence-electron chi connectivity index (χ0n) is 19.8. The maximum atomic E-state index is 12.5. The van der Waals surface area contributed by atoms with Crippen molar-refractivity contribution in [2.24, 2.45) is 11.8 Å². The first-order valence-electron chi connectivity index (χ1n) is 12.5. The summed E-state index contributed by atoms with van der Waals surface area (Å²) >= 11 is 0. The van der Waals surface area contributed by atoms with Crippen molar-refractivity contribution in [1.29, 1.82) is 0 Å². The third-order valence-electron chi connectivity index (χ3n) is 9.15. The molecule has 4 nitrogen and oxygen atoms in total. The molecule has 1 saturated heterocycles. The molecule has 0 amide bonds. The first kappa shape index (κ1) is 21.8. The van der Waals surface area contributed by atoms with E-state index >= 15 is 0 Å². The van der Waals surface area contributed by atoms with E-state index in [1.807, 2.05) is 13.2 Å². The monoisotopic (exact) mass is 465 g/mol. The van der Waals surface area contributed by atoms with E-state index < -0.39 is 9.84 Å². The van der Waals surface area contributed by atoms with E-state index in [0.29, 0.717) is 11.8 Å². The highest BCUT2D eigenvalue weighted by Crippen LogP contribution is 2.65. The summed E-state index contributed by atoms with van der Waals surface area (Å²) in [6.45, 7) is 5.53. The first-order valence-corrected chi connectivity index (χ1v) is 14.3. The highest BCUT2D eigenvalue weighted by Gasteiger charge is 2.67. The lowest BCUT2D eigenvalue weighted by Crippen LogP contribution is -2.46. The number of fused-ring (bicyclic) bond motifs is 2. The number of ether oxygens (including phenoxy) is 1.